The number of carbonyl (C=O) groups is 3. The van der Waals surface area contributed by atoms with Crippen molar-refractivity contribution in [3.63, 3.8) is 0 Å². The lowest BCUT2D eigenvalue weighted by molar-refractivity contribution is -0.142. The number of nitrogens with zero attached hydrogens (tertiary/aromatic N) is 1. The first-order chi connectivity index (χ1) is 9.97. The third kappa shape index (κ3) is 3.94. The maximum absolute atomic E-state index is 12.2. The number of rotatable bonds is 3. The van der Waals surface area contributed by atoms with Crippen molar-refractivity contribution in [2.75, 3.05) is 18.4 Å². The van der Waals surface area contributed by atoms with E-state index in [9.17, 15) is 14.4 Å². The first-order valence-electron chi connectivity index (χ1n) is 6.30. The molecule has 0 spiro atoms. The molecule has 0 aliphatic carbocycles. The van der Waals surface area contributed by atoms with E-state index in [1.165, 1.54) is 4.90 Å². The number of halogens is 1. The van der Waals surface area contributed by atoms with Gasteiger partial charge in [0, 0.05) is 23.2 Å². The molecule has 1 aliphatic heterocycles. The van der Waals surface area contributed by atoms with E-state index in [2.05, 4.69) is 26.6 Å². The summed E-state index contributed by atoms with van der Waals surface area (Å²) in [7, 11) is 0. The summed E-state index contributed by atoms with van der Waals surface area (Å²) in [6.45, 7) is 0.574. The van der Waals surface area contributed by atoms with Crippen molar-refractivity contribution in [3.8, 4) is 0 Å². The molecule has 3 amide bonds. The standard InChI is InChI=1S/C13H14BrN3O4/c14-8-2-1-3-9(6-8)16-13(21)17-5-4-15-12(20)10(17)7-11(18)19/h1-3,6,10H,4-5,7H2,(H,15,20)(H,16,21)(H,18,19). The van der Waals surface area contributed by atoms with Crippen LogP contribution in [-0.4, -0.2) is 47.0 Å². The Kier molecular flexibility index (Phi) is 4.79. The fourth-order valence-corrected chi connectivity index (χ4v) is 2.49. The van der Waals surface area contributed by atoms with E-state index in [0.29, 0.717) is 12.2 Å². The minimum Gasteiger partial charge on any atom is -0.481 e. The van der Waals surface area contributed by atoms with Crippen LogP contribution in [0.3, 0.4) is 0 Å². The predicted molar refractivity (Wildman–Crippen MR) is 78.9 cm³/mol. The fourth-order valence-electron chi connectivity index (χ4n) is 2.09. The summed E-state index contributed by atoms with van der Waals surface area (Å²) in [5, 5.41) is 14.1. The molecule has 1 heterocycles. The van der Waals surface area contributed by atoms with Gasteiger partial charge in [0.2, 0.25) is 5.91 Å². The van der Waals surface area contributed by atoms with Gasteiger partial charge in [-0.15, -0.1) is 0 Å². The summed E-state index contributed by atoms with van der Waals surface area (Å²) in [5.74, 6) is -1.58. The van der Waals surface area contributed by atoms with Crippen LogP contribution in [0, 0.1) is 0 Å². The van der Waals surface area contributed by atoms with Gasteiger partial charge in [-0.25, -0.2) is 4.79 Å². The number of nitrogens with one attached hydrogen (secondary N) is 2. The van der Waals surface area contributed by atoms with E-state index in [0.717, 1.165) is 4.47 Å². The van der Waals surface area contributed by atoms with E-state index in [1.807, 2.05) is 6.07 Å². The van der Waals surface area contributed by atoms with Crippen LogP contribution >= 0.6 is 15.9 Å². The zero-order valence-corrected chi connectivity index (χ0v) is 12.6. The van der Waals surface area contributed by atoms with Crippen LogP contribution in [0.4, 0.5) is 10.5 Å². The highest BCUT2D eigenvalue weighted by Crippen LogP contribution is 2.17. The monoisotopic (exact) mass is 355 g/mol. The van der Waals surface area contributed by atoms with Crippen LogP contribution in [0.25, 0.3) is 0 Å². The van der Waals surface area contributed by atoms with E-state index in [4.69, 9.17) is 5.11 Å². The van der Waals surface area contributed by atoms with Crippen molar-refractivity contribution >= 4 is 39.5 Å². The van der Waals surface area contributed by atoms with Crippen molar-refractivity contribution in [2.24, 2.45) is 0 Å². The molecule has 0 aromatic heterocycles. The molecular formula is C13H14BrN3O4. The Labute approximate surface area is 129 Å². The molecule has 8 heteroatoms. The van der Waals surface area contributed by atoms with Crippen molar-refractivity contribution in [1.29, 1.82) is 0 Å². The van der Waals surface area contributed by atoms with Crippen LogP contribution in [0.2, 0.25) is 0 Å². The Balaban J connectivity index is 2.11. The van der Waals surface area contributed by atoms with Crippen LogP contribution in [-0.2, 0) is 9.59 Å². The van der Waals surface area contributed by atoms with Crippen molar-refractivity contribution in [2.45, 2.75) is 12.5 Å². The van der Waals surface area contributed by atoms with Crippen molar-refractivity contribution in [1.82, 2.24) is 10.2 Å². The topological polar surface area (TPSA) is 98.7 Å². The number of urea groups is 1. The summed E-state index contributed by atoms with van der Waals surface area (Å²) in [4.78, 5) is 36.1. The van der Waals surface area contributed by atoms with E-state index in [1.54, 1.807) is 18.2 Å². The molecule has 1 aromatic rings. The van der Waals surface area contributed by atoms with Gasteiger partial charge in [-0.2, -0.15) is 0 Å². The molecule has 1 aliphatic rings. The number of piperazine rings is 1. The fraction of sp³-hybridized carbons (Fsp3) is 0.308. The molecule has 1 fully saturated rings. The Hall–Kier alpha value is -2.09. The summed E-state index contributed by atoms with van der Waals surface area (Å²) in [5.41, 5.74) is 0.564. The third-order valence-electron chi connectivity index (χ3n) is 3.04. The Morgan fingerprint density at radius 2 is 2.24 bits per heavy atom. The first-order valence-corrected chi connectivity index (χ1v) is 7.09. The molecule has 0 saturated carbocycles. The molecular weight excluding hydrogens is 342 g/mol. The molecule has 3 N–H and O–H groups in total. The maximum Gasteiger partial charge on any atom is 0.322 e. The molecule has 2 rings (SSSR count). The molecule has 1 atom stereocenters. The van der Waals surface area contributed by atoms with Crippen molar-refractivity contribution in [3.05, 3.63) is 28.7 Å². The number of carboxylic acid groups (broad SMARTS) is 1. The molecule has 1 aromatic carbocycles. The number of hydrogen-bond acceptors (Lipinski definition) is 3. The van der Waals surface area contributed by atoms with Crippen LogP contribution in [0.1, 0.15) is 6.42 Å². The van der Waals surface area contributed by atoms with Gasteiger partial charge in [-0.1, -0.05) is 22.0 Å². The second-order valence-electron chi connectivity index (χ2n) is 4.54. The molecule has 21 heavy (non-hydrogen) atoms. The minimum absolute atomic E-state index is 0.267. The highest BCUT2D eigenvalue weighted by molar-refractivity contribution is 9.10. The average molecular weight is 356 g/mol. The molecule has 1 saturated heterocycles. The van der Waals surface area contributed by atoms with Gasteiger partial charge in [-0.05, 0) is 18.2 Å². The Morgan fingerprint density at radius 3 is 2.90 bits per heavy atom. The van der Waals surface area contributed by atoms with Crippen molar-refractivity contribution < 1.29 is 19.5 Å². The second kappa shape index (κ2) is 6.57. The van der Waals surface area contributed by atoms with Gasteiger partial charge in [0.05, 0.1) is 6.42 Å². The molecule has 7 nitrogen and oxygen atoms in total. The van der Waals surface area contributed by atoms with Crippen LogP contribution < -0.4 is 10.6 Å². The summed E-state index contributed by atoms with van der Waals surface area (Å²) in [6.07, 6.45) is -0.419. The molecule has 0 radical (unpaired) electrons. The van der Waals surface area contributed by atoms with Gasteiger partial charge in [0.15, 0.2) is 0 Å². The lowest BCUT2D eigenvalue weighted by Crippen LogP contribution is -2.58. The molecule has 112 valence electrons. The number of aliphatic carboxylic acids is 1. The lowest BCUT2D eigenvalue weighted by atomic mass is 10.1. The number of carbonyl (C=O) groups excluding carboxylic acids is 2. The zero-order chi connectivity index (χ0) is 15.4. The second-order valence-corrected chi connectivity index (χ2v) is 5.45. The minimum atomic E-state index is -1.13. The van der Waals surface area contributed by atoms with Crippen LogP contribution in [0.15, 0.2) is 28.7 Å². The van der Waals surface area contributed by atoms with Gasteiger partial charge in [-0.3, -0.25) is 9.59 Å². The number of carboxylic acids is 1. The largest absolute Gasteiger partial charge is 0.481 e. The Morgan fingerprint density at radius 1 is 1.48 bits per heavy atom. The van der Waals surface area contributed by atoms with Gasteiger partial charge >= 0.3 is 12.0 Å². The smallest absolute Gasteiger partial charge is 0.322 e. The maximum atomic E-state index is 12.2. The van der Waals surface area contributed by atoms with E-state index in [-0.39, 0.29) is 6.54 Å². The SMILES string of the molecule is O=C(O)CC1C(=O)NCCN1C(=O)Nc1cccc(Br)c1. The third-order valence-corrected chi connectivity index (χ3v) is 3.53. The van der Waals surface area contributed by atoms with E-state index < -0.39 is 30.4 Å². The van der Waals surface area contributed by atoms with Gasteiger partial charge in [0.1, 0.15) is 6.04 Å². The predicted octanol–water partition coefficient (Wildman–Crippen LogP) is 1.26. The van der Waals surface area contributed by atoms with Gasteiger partial charge < -0.3 is 20.6 Å². The van der Waals surface area contributed by atoms with E-state index >= 15 is 0 Å². The Bertz CT molecular complexity index is 578. The lowest BCUT2D eigenvalue weighted by Gasteiger charge is -2.34. The van der Waals surface area contributed by atoms with Gasteiger partial charge in [0.25, 0.3) is 0 Å². The summed E-state index contributed by atoms with van der Waals surface area (Å²) in [6, 6.07) is 5.51. The summed E-state index contributed by atoms with van der Waals surface area (Å²) < 4.78 is 0.804. The number of anilines is 1. The molecule has 1 unspecified atom stereocenters. The van der Waals surface area contributed by atoms with Crippen LogP contribution in [0.5, 0.6) is 0 Å². The highest BCUT2D eigenvalue weighted by Gasteiger charge is 2.34. The average Bonchev–Trinajstić information content (AvgIpc) is 2.40. The summed E-state index contributed by atoms with van der Waals surface area (Å²) >= 11 is 3.30. The highest BCUT2D eigenvalue weighted by atomic mass is 79.9. The first kappa shape index (κ1) is 15.3. The normalized spacial score (nSPS) is 18.0. The zero-order valence-electron chi connectivity index (χ0n) is 11.0. The number of amides is 3. The number of benzene rings is 1. The number of hydrogen-bond donors (Lipinski definition) is 3. The molecule has 0 bridgehead atoms. The quantitative estimate of drug-likeness (QED) is 0.759.